The molecule has 13 heavy (non-hydrogen) atoms. The Labute approximate surface area is 83.1 Å². The number of hydrogen-bond acceptors (Lipinski definition) is 2. The fraction of sp³-hybridized carbons (Fsp3) is 0.400. The summed E-state index contributed by atoms with van der Waals surface area (Å²) in [6, 6.07) is 5.99. The second kappa shape index (κ2) is 3.56. The van der Waals surface area contributed by atoms with Gasteiger partial charge in [0.2, 0.25) is 0 Å². The fourth-order valence-corrected chi connectivity index (χ4v) is 2.01. The Hall–Kier alpha value is -0.730. The van der Waals surface area contributed by atoms with Crippen LogP contribution in [0.2, 0.25) is 5.02 Å². The monoisotopic (exact) mass is 196 g/mol. The summed E-state index contributed by atoms with van der Waals surface area (Å²) in [5.74, 6) is 0.540. The Morgan fingerprint density at radius 2 is 2.38 bits per heavy atom. The van der Waals surface area contributed by atoms with E-state index in [1.807, 2.05) is 18.2 Å². The predicted octanol–water partition coefficient (Wildman–Crippen LogP) is 2.20. The third kappa shape index (κ3) is 1.64. The number of fused-ring (bicyclic) bond motifs is 1. The third-order valence-corrected chi connectivity index (χ3v) is 2.74. The lowest BCUT2D eigenvalue weighted by Crippen LogP contribution is -2.08. The van der Waals surface area contributed by atoms with Gasteiger partial charge in [-0.2, -0.15) is 0 Å². The van der Waals surface area contributed by atoms with Gasteiger partial charge in [-0.1, -0.05) is 11.6 Å². The number of rotatable bonds is 2. The molecule has 1 aliphatic heterocycles. The van der Waals surface area contributed by atoms with Crippen LogP contribution < -0.4 is 11.1 Å². The average molecular weight is 197 g/mol. The molecule has 1 aromatic rings. The Morgan fingerprint density at radius 3 is 3.15 bits per heavy atom. The van der Waals surface area contributed by atoms with Crippen molar-refractivity contribution in [2.45, 2.75) is 12.3 Å². The molecule has 1 aromatic carbocycles. The number of hydrogen-bond donors (Lipinski definition) is 2. The lowest BCUT2D eigenvalue weighted by Gasteiger charge is -2.07. The molecule has 0 saturated carbocycles. The highest BCUT2D eigenvalue weighted by Gasteiger charge is 2.20. The van der Waals surface area contributed by atoms with Gasteiger partial charge in [-0.25, -0.2) is 0 Å². The molecule has 0 aromatic heterocycles. The molecular formula is C10H13ClN2. The van der Waals surface area contributed by atoms with E-state index in [9.17, 15) is 0 Å². The first-order valence-electron chi connectivity index (χ1n) is 4.54. The highest BCUT2D eigenvalue weighted by atomic mass is 35.5. The quantitative estimate of drug-likeness (QED) is 0.761. The number of anilines is 1. The molecule has 0 radical (unpaired) electrons. The molecule has 0 saturated heterocycles. The summed E-state index contributed by atoms with van der Waals surface area (Å²) >= 11 is 5.93. The molecule has 2 rings (SSSR count). The minimum absolute atomic E-state index is 0.540. The van der Waals surface area contributed by atoms with Crippen LogP contribution in [0, 0.1) is 0 Å². The summed E-state index contributed by atoms with van der Waals surface area (Å²) in [5, 5.41) is 4.16. The van der Waals surface area contributed by atoms with Gasteiger partial charge in [0.15, 0.2) is 0 Å². The molecule has 3 N–H and O–H groups in total. The molecule has 0 amide bonds. The predicted molar refractivity (Wildman–Crippen MR) is 56.4 cm³/mol. The Morgan fingerprint density at radius 1 is 1.54 bits per heavy atom. The molecule has 0 bridgehead atoms. The highest BCUT2D eigenvalue weighted by Crippen LogP contribution is 2.34. The van der Waals surface area contributed by atoms with Gasteiger partial charge in [0, 0.05) is 23.2 Å². The van der Waals surface area contributed by atoms with Crippen LogP contribution in [-0.4, -0.2) is 13.1 Å². The summed E-state index contributed by atoms with van der Waals surface area (Å²) in [7, 11) is 0. The fourth-order valence-electron chi connectivity index (χ4n) is 1.83. The molecule has 0 spiro atoms. The lowest BCUT2D eigenvalue weighted by atomic mass is 9.98. The molecule has 1 atom stereocenters. The van der Waals surface area contributed by atoms with E-state index in [0.717, 1.165) is 24.5 Å². The van der Waals surface area contributed by atoms with Gasteiger partial charge in [0.1, 0.15) is 0 Å². The standard InChI is InChI=1S/C10H13ClN2/c11-8-1-2-10-9(5-8)7(3-4-12)6-13-10/h1-2,5,7,13H,3-4,6,12H2/t7-/m0/s1. The molecule has 0 aliphatic carbocycles. The van der Waals surface area contributed by atoms with Gasteiger partial charge in [0.25, 0.3) is 0 Å². The highest BCUT2D eigenvalue weighted by molar-refractivity contribution is 6.30. The number of nitrogens with two attached hydrogens (primary N) is 1. The summed E-state index contributed by atoms with van der Waals surface area (Å²) in [6.07, 6.45) is 1.03. The van der Waals surface area contributed by atoms with Crippen LogP contribution >= 0.6 is 11.6 Å². The van der Waals surface area contributed by atoms with Crippen LogP contribution in [0.5, 0.6) is 0 Å². The molecule has 0 unspecified atom stereocenters. The molecule has 0 fully saturated rings. The van der Waals surface area contributed by atoms with Crippen molar-refractivity contribution in [2.75, 3.05) is 18.4 Å². The summed E-state index contributed by atoms with van der Waals surface area (Å²) in [6.45, 7) is 1.73. The van der Waals surface area contributed by atoms with E-state index in [1.54, 1.807) is 0 Å². The Balaban J connectivity index is 2.29. The van der Waals surface area contributed by atoms with E-state index >= 15 is 0 Å². The van der Waals surface area contributed by atoms with Crippen molar-refractivity contribution in [3.63, 3.8) is 0 Å². The van der Waals surface area contributed by atoms with Gasteiger partial charge >= 0.3 is 0 Å². The topological polar surface area (TPSA) is 38.0 Å². The van der Waals surface area contributed by atoms with Gasteiger partial charge in [-0.05, 0) is 36.7 Å². The molecule has 1 aliphatic rings. The largest absolute Gasteiger partial charge is 0.384 e. The number of nitrogens with one attached hydrogen (secondary N) is 1. The van der Waals surface area contributed by atoms with Crippen molar-refractivity contribution < 1.29 is 0 Å². The van der Waals surface area contributed by atoms with Crippen LogP contribution in [0.25, 0.3) is 0 Å². The first kappa shape index (κ1) is 8.85. The summed E-state index contributed by atoms with van der Waals surface area (Å²) < 4.78 is 0. The van der Waals surface area contributed by atoms with Crippen molar-refractivity contribution in [1.82, 2.24) is 0 Å². The smallest absolute Gasteiger partial charge is 0.0410 e. The average Bonchev–Trinajstić information content (AvgIpc) is 2.49. The van der Waals surface area contributed by atoms with Crippen molar-refractivity contribution in [3.05, 3.63) is 28.8 Å². The van der Waals surface area contributed by atoms with Gasteiger partial charge in [-0.15, -0.1) is 0 Å². The van der Waals surface area contributed by atoms with Crippen LogP contribution in [0.15, 0.2) is 18.2 Å². The van der Waals surface area contributed by atoms with Crippen molar-refractivity contribution in [3.8, 4) is 0 Å². The molecule has 70 valence electrons. The van der Waals surface area contributed by atoms with Gasteiger partial charge < -0.3 is 11.1 Å². The van der Waals surface area contributed by atoms with E-state index in [4.69, 9.17) is 17.3 Å². The number of benzene rings is 1. The zero-order chi connectivity index (χ0) is 9.26. The van der Waals surface area contributed by atoms with E-state index in [2.05, 4.69) is 5.32 Å². The van der Waals surface area contributed by atoms with Gasteiger partial charge in [0.05, 0.1) is 0 Å². The van der Waals surface area contributed by atoms with E-state index in [-0.39, 0.29) is 0 Å². The minimum Gasteiger partial charge on any atom is -0.384 e. The Kier molecular flexibility index (Phi) is 2.42. The minimum atomic E-state index is 0.540. The number of halogens is 1. The molecule has 2 nitrogen and oxygen atoms in total. The normalized spacial score (nSPS) is 19.7. The van der Waals surface area contributed by atoms with E-state index < -0.39 is 0 Å². The first-order valence-corrected chi connectivity index (χ1v) is 4.92. The molecule has 3 heteroatoms. The zero-order valence-electron chi connectivity index (χ0n) is 7.39. The van der Waals surface area contributed by atoms with Crippen LogP contribution in [0.3, 0.4) is 0 Å². The molecular weight excluding hydrogens is 184 g/mol. The van der Waals surface area contributed by atoms with Crippen molar-refractivity contribution >= 4 is 17.3 Å². The SMILES string of the molecule is NCC[C@H]1CNc2ccc(Cl)cc21. The lowest BCUT2D eigenvalue weighted by molar-refractivity contribution is 0.686. The maximum absolute atomic E-state index is 5.93. The van der Waals surface area contributed by atoms with Crippen LogP contribution in [0.4, 0.5) is 5.69 Å². The van der Waals surface area contributed by atoms with Crippen LogP contribution in [0.1, 0.15) is 17.9 Å². The second-order valence-corrected chi connectivity index (χ2v) is 3.82. The van der Waals surface area contributed by atoms with Crippen molar-refractivity contribution in [1.29, 1.82) is 0 Å². The maximum atomic E-state index is 5.93. The van der Waals surface area contributed by atoms with E-state index in [1.165, 1.54) is 11.3 Å². The Bertz CT molecular complexity index is 310. The van der Waals surface area contributed by atoms with E-state index in [0.29, 0.717) is 5.92 Å². The summed E-state index contributed by atoms with van der Waals surface area (Å²) in [4.78, 5) is 0. The summed E-state index contributed by atoms with van der Waals surface area (Å²) in [5.41, 5.74) is 8.07. The van der Waals surface area contributed by atoms with Crippen LogP contribution in [-0.2, 0) is 0 Å². The third-order valence-electron chi connectivity index (χ3n) is 2.51. The maximum Gasteiger partial charge on any atom is 0.0410 e. The first-order chi connectivity index (χ1) is 6.31. The zero-order valence-corrected chi connectivity index (χ0v) is 8.14. The van der Waals surface area contributed by atoms with Gasteiger partial charge in [-0.3, -0.25) is 0 Å². The molecule has 1 heterocycles. The second-order valence-electron chi connectivity index (χ2n) is 3.39. The van der Waals surface area contributed by atoms with Crippen molar-refractivity contribution in [2.24, 2.45) is 5.73 Å².